The van der Waals surface area contributed by atoms with E-state index in [1.807, 2.05) is 12.1 Å². The number of aromatic nitrogens is 4. The molecule has 1 N–H and O–H groups in total. The third-order valence-corrected chi connectivity index (χ3v) is 4.46. The Morgan fingerprint density at radius 3 is 2.56 bits per heavy atom. The molecule has 134 valence electrons. The molecule has 0 saturated carbocycles. The van der Waals surface area contributed by atoms with Crippen LogP contribution in [0.15, 0.2) is 71.0 Å². The molecule has 3 heterocycles. The van der Waals surface area contributed by atoms with Crippen molar-refractivity contribution in [3.63, 3.8) is 0 Å². The second-order valence-corrected chi connectivity index (χ2v) is 6.37. The number of hydrogen-bond donors (Lipinski definition) is 1. The van der Waals surface area contributed by atoms with E-state index < -0.39 is 16.7 Å². The molecule has 0 saturated heterocycles. The summed E-state index contributed by atoms with van der Waals surface area (Å²) in [7, 11) is 0. The first kappa shape index (κ1) is 17.0. The van der Waals surface area contributed by atoms with Crippen LogP contribution in [0.5, 0.6) is 5.75 Å². The van der Waals surface area contributed by atoms with Gasteiger partial charge >= 0.3 is 0 Å². The molecule has 0 atom stereocenters. The number of fused-ring (bicyclic) bond motifs is 1. The second-order valence-electron chi connectivity index (χ2n) is 5.93. The molecule has 0 fully saturated rings. The molecule has 0 spiro atoms. The maximum atomic E-state index is 12.8. The highest BCUT2D eigenvalue weighted by atomic mass is 35.5. The molecule has 8 heteroatoms. The number of benzene rings is 1. The topological polar surface area (TPSA) is 89.5 Å². The van der Waals surface area contributed by atoms with Gasteiger partial charge in [0.1, 0.15) is 6.33 Å². The number of halogens is 1. The lowest BCUT2D eigenvalue weighted by Crippen LogP contribution is -2.24. The van der Waals surface area contributed by atoms with Gasteiger partial charge in [-0.3, -0.25) is 9.59 Å². The van der Waals surface area contributed by atoms with Gasteiger partial charge in [-0.15, -0.1) is 0 Å². The normalized spacial score (nSPS) is 11.0. The Kier molecular flexibility index (Phi) is 4.21. The minimum absolute atomic E-state index is 0.0886. The SMILES string of the molecule is O=c1c(-c2ccncn2)cn2ccn(Cc3ccc(Cl)cc3)c(=O)c2c1O. The molecule has 4 rings (SSSR count). The number of hydrogen-bond acceptors (Lipinski definition) is 5. The fourth-order valence-electron chi connectivity index (χ4n) is 2.85. The largest absolute Gasteiger partial charge is 0.503 e. The van der Waals surface area contributed by atoms with E-state index in [2.05, 4.69) is 9.97 Å². The monoisotopic (exact) mass is 380 g/mol. The smallest absolute Gasteiger partial charge is 0.279 e. The van der Waals surface area contributed by atoms with Crippen LogP contribution in [-0.2, 0) is 6.54 Å². The maximum absolute atomic E-state index is 12.8. The summed E-state index contributed by atoms with van der Waals surface area (Å²) in [6.45, 7) is 0.286. The predicted octanol–water partition coefficient (Wildman–Crippen LogP) is 2.33. The fraction of sp³-hybridized carbons (Fsp3) is 0.0526. The lowest BCUT2D eigenvalue weighted by molar-refractivity contribution is 0.472. The summed E-state index contributed by atoms with van der Waals surface area (Å²) >= 11 is 5.88. The van der Waals surface area contributed by atoms with Gasteiger partial charge in [-0.2, -0.15) is 0 Å². The molecule has 7 nitrogen and oxygen atoms in total. The second kappa shape index (κ2) is 6.69. The summed E-state index contributed by atoms with van der Waals surface area (Å²) in [5.41, 5.74) is 0.193. The number of aromatic hydroxyl groups is 1. The highest BCUT2D eigenvalue weighted by Gasteiger charge is 2.16. The van der Waals surface area contributed by atoms with Crippen LogP contribution in [0.4, 0.5) is 0 Å². The maximum Gasteiger partial charge on any atom is 0.279 e. The minimum Gasteiger partial charge on any atom is -0.503 e. The Morgan fingerprint density at radius 1 is 1.07 bits per heavy atom. The zero-order valence-corrected chi connectivity index (χ0v) is 14.7. The van der Waals surface area contributed by atoms with Crippen molar-refractivity contribution in [1.29, 1.82) is 0 Å². The Balaban J connectivity index is 1.86. The molecule has 4 aromatic rings. The first-order chi connectivity index (χ1) is 13.0. The van der Waals surface area contributed by atoms with Crippen LogP contribution in [0, 0.1) is 0 Å². The third kappa shape index (κ3) is 3.09. The predicted molar refractivity (Wildman–Crippen MR) is 101 cm³/mol. The van der Waals surface area contributed by atoms with Crippen molar-refractivity contribution in [2.45, 2.75) is 6.54 Å². The highest BCUT2D eigenvalue weighted by molar-refractivity contribution is 6.30. The van der Waals surface area contributed by atoms with Crippen LogP contribution in [0.3, 0.4) is 0 Å². The van der Waals surface area contributed by atoms with Crippen molar-refractivity contribution in [1.82, 2.24) is 18.9 Å². The van der Waals surface area contributed by atoms with Crippen LogP contribution >= 0.6 is 11.6 Å². The summed E-state index contributed by atoms with van der Waals surface area (Å²) in [4.78, 5) is 33.2. The summed E-state index contributed by atoms with van der Waals surface area (Å²) in [5.74, 6) is -0.610. The molecule has 0 unspecified atom stereocenters. The summed E-state index contributed by atoms with van der Waals surface area (Å²) in [6.07, 6.45) is 7.49. The Labute approximate surface area is 157 Å². The molecule has 3 aromatic heterocycles. The van der Waals surface area contributed by atoms with E-state index >= 15 is 0 Å². The average molecular weight is 381 g/mol. The van der Waals surface area contributed by atoms with E-state index in [9.17, 15) is 14.7 Å². The van der Waals surface area contributed by atoms with E-state index in [1.165, 1.54) is 27.7 Å². The van der Waals surface area contributed by atoms with Gasteiger partial charge in [0, 0.05) is 29.8 Å². The molecule has 0 amide bonds. The number of pyridine rings is 1. The average Bonchev–Trinajstić information content (AvgIpc) is 2.69. The highest BCUT2D eigenvalue weighted by Crippen LogP contribution is 2.18. The molecule has 27 heavy (non-hydrogen) atoms. The molecule has 1 aromatic carbocycles. The minimum atomic E-state index is -0.657. The Hall–Kier alpha value is -3.45. The molecule has 0 radical (unpaired) electrons. The van der Waals surface area contributed by atoms with Crippen LogP contribution in [-0.4, -0.2) is 24.0 Å². The number of rotatable bonds is 3. The zero-order valence-electron chi connectivity index (χ0n) is 13.9. The van der Waals surface area contributed by atoms with Crippen molar-refractivity contribution in [3.05, 3.63) is 92.6 Å². The van der Waals surface area contributed by atoms with E-state index in [-0.39, 0.29) is 17.6 Å². The van der Waals surface area contributed by atoms with E-state index in [1.54, 1.807) is 30.6 Å². The first-order valence-corrected chi connectivity index (χ1v) is 8.40. The Morgan fingerprint density at radius 2 is 1.85 bits per heavy atom. The molecule has 0 aliphatic rings. The van der Waals surface area contributed by atoms with Crippen LogP contribution in [0.2, 0.25) is 5.02 Å². The standard InChI is InChI=1S/C19H13ClN4O3/c20-13-3-1-12(2-4-13)9-24-8-7-23-10-14(15-5-6-21-11-22-15)17(25)18(26)16(23)19(24)27/h1-8,10-11,26H,9H2. The number of nitrogens with zero attached hydrogens (tertiary/aromatic N) is 4. The van der Waals surface area contributed by atoms with Gasteiger partial charge < -0.3 is 14.1 Å². The van der Waals surface area contributed by atoms with Gasteiger partial charge in [0.05, 0.1) is 17.8 Å². The van der Waals surface area contributed by atoms with Crippen molar-refractivity contribution >= 4 is 17.1 Å². The molecular formula is C19H13ClN4O3. The van der Waals surface area contributed by atoms with Crippen LogP contribution in [0.25, 0.3) is 16.8 Å². The van der Waals surface area contributed by atoms with Crippen molar-refractivity contribution in [2.75, 3.05) is 0 Å². The van der Waals surface area contributed by atoms with Gasteiger partial charge in [-0.1, -0.05) is 23.7 Å². The zero-order chi connectivity index (χ0) is 19.0. The lowest BCUT2D eigenvalue weighted by atomic mass is 10.1. The van der Waals surface area contributed by atoms with E-state index in [0.29, 0.717) is 10.7 Å². The first-order valence-electron chi connectivity index (χ1n) is 8.03. The van der Waals surface area contributed by atoms with E-state index in [4.69, 9.17) is 11.6 Å². The van der Waals surface area contributed by atoms with E-state index in [0.717, 1.165) is 5.56 Å². The van der Waals surface area contributed by atoms with Crippen LogP contribution in [0.1, 0.15) is 5.56 Å². The molecular weight excluding hydrogens is 368 g/mol. The quantitative estimate of drug-likeness (QED) is 0.589. The Bertz CT molecular complexity index is 1250. The van der Waals surface area contributed by atoms with Gasteiger partial charge in [0.2, 0.25) is 5.43 Å². The van der Waals surface area contributed by atoms with Crippen molar-refractivity contribution < 1.29 is 5.11 Å². The molecule has 0 aliphatic carbocycles. The summed E-state index contributed by atoms with van der Waals surface area (Å²) in [6, 6.07) is 8.65. The summed E-state index contributed by atoms with van der Waals surface area (Å²) in [5, 5.41) is 11.0. The van der Waals surface area contributed by atoms with Crippen LogP contribution < -0.4 is 11.0 Å². The molecule has 0 bridgehead atoms. The summed E-state index contributed by atoms with van der Waals surface area (Å²) < 4.78 is 2.84. The third-order valence-electron chi connectivity index (χ3n) is 4.21. The van der Waals surface area contributed by atoms with Crippen molar-refractivity contribution in [3.8, 4) is 17.0 Å². The molecule has 0 aliphatic heterocycles. The fourth-order valence-corrected chi connectivity index (χ4v) is 2.97. The lowest BCUT2D eigenvalue weighted by Gasteiger charge is -2.11. The van der Waals surface area contributed by atoms with Gasteiger partial charge in [0.25, 0.3) is 5.56 Å². The van der Waals surface area contributed by atoms with Gasteiger partial charge in [-0.25, -0.2) is 9.97 Å². The van der Waals surface area contributed by atoms with Crippen molar-refractivity contribution in [2.24, 2.45) is 0 Å². The van der Waals surface area contributed by atoms with Gasteiger partial charge in [0.15, 0.2) is 11.3 Å². The van der Waals surface area contributed by atoms with Gasteiger partial charge in [-0.05, 0) is 23.8 Å².